The van der Waals surface area contributed by atoms with Crippen LogP contribution in [0.25, 0.3) is 11.8 Å². The first kappa shape index (κ1) is 20.5. The van der Waals surface area contributed by atoms with Crippen LogP contribution in [0.1, 0.15) is 31.0 Å². The van der Waals surface area contributed by atoms with Gasteiger partial charge in [-0.1, -0.05) is 69.7 Å². The maximum absolute atomic E-state index is 13.2. The fourth-order valence-electron chi connectivity index (χ4n) is 3.44. The number of hydrogen-bond donors (Lipinski definition) is 0. The van der Waals surface area contributed by atoms with Crippen molar-refractivity contribution in [3.8, 4) is 0 Å². The molecule has 152 valence electrons. The minimum atomic E-state index is -0.512. The number of aromatic nitrogens is 1. The molecule has 2 heterocycles. The van der Waals surface area contributed by atoms with Gasteiger partial charge in [0.25, 0.3) is 5.56 Å². The molecule has 4 rings (SSSR count). The Morgan fingerprint density at radius 2 is 2.00 bits per heavy atom. The maximum Gasteiger partial charge on any atom is 0.338 e. The van der Waals surface area contributed by atoms with E-state index in [2.05, 4.69) is 15.9 Å². The van der Waals surface area contributed by atoms with Crippen molar-refractivity contribution in [2.45, 2.75) is 19.9 Å². The second-order valence-electron chi connectivity index (χ2n) is 6.75. The zero-order chi connectivity index (χ0) is 21.3. The van der Waals surface area contributed by atoms with Crippen molar-refractivity contribution < 1.29 is 9.53 Å². The Balaban J connectivity index is 1.95. The van der Waals surface area contributed by atoms with Gasteiger partial charge >= 0.3 is 5.97 Å². The summed E-state index contributed by atoms with van der Waals surface area (Å²) in [6.45, 7) is 3.79. The second kappa shape index (κ2) is 8.53. The largest absolute Gasteiger partial charge is 0.463 e. The van der Waals surface area contributed by atoms with E-state index < -0.39 is 12.0 Å². The fourth-order valence-corrected chi connectivity index (χ4v) is 4.90. The highest BCUT2D eigenvalue weighted by atomic mass is 79.9. The van der Waals surface area contributed by atoms with Crippen LogP contribution in [0.5, 0.6) is 0 Å². The van der Waals surface area contributed by atoms with Gasteiger partial charge in [-0.3, -0.25) is 9.36 Å². The van der Waals surface area contributed by atoms with Gasteiger partial charge in [0, 0.05) is 10.2 Å². The van der Waals surface area contributed by atoms with E-state index in [4.69, 9.17) is 9.73 Å². The van der Waals surface area contributed by atoms with Crippen LogP contribution < -0.4 is 14.9 Å². The van der Waals surface area contributed by atoms with Crippen molar-refractivity contribution in [3.05, 3.63) is 95.5 Å². The maximum atomic E-state index is 13.2. The number of halogens is 1. The number of esters is 1. The van der Waals surface area contributed by atoms with Crippen LogP contribution in [-0.4, -0.2) is 17.1 Å². The third-order valence-corrected chi connectivity index (χ3v) is 6.28. The summed E-state index contributed by atoms with van der Waals surface area (Å²) in [7, 11) is 0. The standard InChI is InChI=1S/C23H19BrN2O3S/c1-3-29-22(28)19-14(2)26-21(27)18(13-15-8-7-11-17(24)12-15)30-23(26)25-20(19)16-9-5-4-6-10-16/h4-13,20H,3H2,1-2H3/b18-13-/t20-/m0/s1. The van der Waals surface area contributed by atoms with Gasteiger partial charge in [0.2, 0.25) is 0 Å². The first-order valence-corrected chi connectivity index (χ1v) is 11.1. The lowest BCUT2D eigenvalue weighted by atomic mass is 9.97. The summed E-state index contributed by atoms with van der Waals surface area (Å²) < 4.78 is 8.30. The number of carbonyl (C=O) groups is 1. The van der Waals surface area contributed by atoms with E-state index in [1.165, 1.54) is 15.9 Å². The van der Waals surface area contributed by atoms with Crippen molar-refractivity contribution in [1.29, 1.82) is 0 Å². The molecule has 0 radical (unpaired) electrons. The van der Waals surface area contributed by atoms with Gasteiger partial charge in [-0.05, 0) is 43.2 Å². The molecule has 0 spiro atoms. The molecule has 0 bridgehead atoms. The van der Waals surface area contributed by atoms with E-state index in [0.717, 1.165) is 15.6 Å². The number of hydrogen-bond acceptors (Lipinski definition) is 5. The Morgan fingerprint density at radius 3 is 2.70 bits per heavy atom. The van der Waals surface area contributed by atoms with Gasteiger partial charge in [0.05, 0.1) is 16.7 Å². The highest BCUT2D eigenvalue weighted by molar-refractivity contribution is 9.10. The number of nitrogens with zero attached hydrogens (tertiary/aromatic N) is 2. The SMILES string of the molecule is CCOC(=O)C1=C(C)n2c(s/c(=C\c3cccc(Br)c3)c2=O)=N[C@H]1c1ccccc1. The molecule has 1 aliphatic rings. The second-order valence-corrected chi connectivity index (χ2v) is 8.68. The number of ether oxygens (including phenoxy) is 1. The Bertz CT molecular complexity index is 1320. The van der Waals surface area contributed by atoms with Crippen LogP contribution in [0.2, 0.25) is 0 Å². The number of carbonyl (C=O) groups excluding carboxylic acids is 1. The predicted molar refractivity (Wildman–Crippen MR) is 122 cm³/mol. The highest BCUT2D eigenvalue weighted by Crippen LogP contribution is 2.32. The number of rotatable bonds is 4. The molecule has 0 saturated heterocycles. The molecular formula is C23H19BrN2O3S. The quantitative estimate of drug-likeness (QED) is 0.533. The fraction of sp³-hybridized carbons (Fsp3) is 0.174. The van der Waals surface area contributed by atoms with Crippen LogP contribution in [-0.2, 0) is 9.53 Å². The Labute approximate surface area is 185 Å². The summed E-state index contributed by atoms with van der Waals surface area (Å²) >= 11 is 4.77. The van der Waals surface area contributed by atoms with E-state index in [9.17, 15) is 9.59 Å². The van der Waals surface area contributed by atoms with Gasteiger partial charge in [0.15, 0.2) is 4.80 Å². The van der Waals surface area contributed by atoms with Gasteiger partial charge in [0.1, 0.15) is 6.04 Å². The normalized spacial score (nSPS) is 16.2. The van der Waals surface area contributed by atoms with Crippen LogP contribution in [0.4, 0.5) is 0 Å². The van der Waals surface area contributed by atoms with Gasteiger partial charge < -0.3 is 4.74 Å². The minimum Gasteiger partial charge on any atom is -0.463 e. The Kier molecular flexibility index (Phi) is 5.83. The van der Waals surface area contributed by atoms with E-state index in [1.54, 1.807) is 13.8 Å². The van der Waals surface area contributed by atoms with E-state index in [-0.39, 0.29) is 12.2 Å². The molecule has 7 heteroatoms. The molecule has 5 nitrogen and oxygen atoms in total. The molecule has 1 atom stereocenters. The molecule has 30 heavy (non-hydrogen) atoms. The smallest absolute Gasteiger partial charge is 0.338 e. The van der Waals surface area contributed by atoms with Crippen molar-refractivity contribution in [2.75, 3.05) is 6.61 Å². The van der Waals surface area contributed by atoms with Crippen LogP contribution in [0, 0.1) is 0 Å². The Hall–Kier alpha value is -2.77. The average molecular weight is 483 g/mol. The van der Waals surface area contributed by atoms with E-state index >= 15 is 0 Å². The molecule has 2 aromatic carbocycles. The molecular weight excluding hydrogens is 464 g/mol. The zero-order valence-electron chi connectivity index (χ0n) is 16.5. The summed E-state index contributed by atoms with van der Waals surface area (Å²) in [4.78, 5) is 31.3. The predicted octanol–water partition coefficient (Wildman–Crippen LogP) is 3.67. The van der Waals surface area contributed by atoms with Gasteiger partial charge in [-0.2, -0.15) is 0 Å². The topological polar surface area (TPSA) is 60.7 Å². The van der Waals surface area contributed by atoms with Crippen LogP contribution in [0.3, 0.4) is 0 Å². The zero-order valence-corrected chi connectivity index (χ0v) is 18.9. The first-order valence-electron chi connectivity index (χ1n) is 9.49. The average Bonchev–Trinajstić information content (AvgIpc) is 3.04. The molecule has 1 aliphatic heterocycles. The van der Waals surface area contributed by atoms with Crippen molar-refractivity contribution >= 4 is 45.0 Å². The number of fused-ring (bicyclic) bond motifs is 1. The molecule has 3 aromatic rings. The molecule has 0 aliphatic carbocycles. The summed E-state index contributed by atoms with van der Waals surface area (Å²) in [6, 6.07) is 16.8. The van der Waals surface area contributed by atoms with Crippen molar-refractivity contribution in [2.24, 2.45) is 4.99 Å². The summed E-state index contributed by atoms with van der Waals surface area (Å²) in [5.41, 5.74) is 2.55. The lowest BCUT2D eigenvalue weighted by molar-refractivity contribution is -0.138. The molecule has 0 saturated carbocycles. The lowest BCUT2D eigenvalue weighted by Crippen LogP contribution is -2.35. The monoisotopic (exact) mass is 482 g/mol. The molecule has 0 N–H and O–H groups in total. The molecule has 0 fully saturated rings. The van der Waals surface area contributed by atoms with Gasteiger partial charge in [-0.15, -0.1) is 0 Å². The molecule has 1 aromatic heterocycles. The number of thiazole rings is 1. The van der Waals surface area contributed by atoms with E-state index in [1.807, 2.05) is 60.7 Å². The van der Waals surface area contributed by atoms with Crippen LogP contribution in [0.15, 0.2) is 74.4 Å². The lowest BCUT2D eigenvalue weighted by Gasteiger charge is -2.22. The molecule has 0 amide bonds. The Morgan fingerprint density at radius 1 is 1.23 bits per heavy atom. The third-order valence-electron chi connectivity index (χ3n) is 4.80. The van der Waals surface area contributed by atoms with E-state index in [0.29, 0.717) is 20.6 Å². The first-order chi connectivity index (χ1) is 14.5. The third kappa shape index (κ3) is 3.82. The molecule has 0 unspecified atom stereocenters. The summed E-state index contributed by atoms with van der Waals surface area (Å²) in [5, 5.41) is 0. The highest BCUT2D eigenvalue weighted by Gasteiger charge is 2.31. The number of allylic oxidation sites excluding steroid dienone is 1. The van der Waals surface area contributed by atoms with Crippen LogP contribution >= 0.6 is 27.3 Å². The van der Waals surface area contributed by atoms with Crippen molar-refractivity contribution in [3.63, 3.8) is 0 Å². The summed E-state index contributed by atoms with van der Waals surface area (Å²) in [5.74, 6) is -0.450. The summed E-state index contributed by atoms with van der Waals surface area (Å²) in [6.07, 6.45) is 1.84. The minimum absolute atomic E-state index is 0.190. The van der Waals surface area contributed by atoms with Gasteiger partial charge in [-0.25, -0.2) is 9.79 Å². The number of benzene rings is 2. The van der Waals surface area contributed by atoms with Crippen molar-refractivity contribution in [1.82, 2.24) is 4.57 Å².